The van der Waals surface area contributed by atoms with Crippen molar-refractivity contribution in [3.05, 3.63) is 76.6 Å². The molecule has 0 atom stereocenters. The Morgan fingerprint density at radius 2 is 1.77 bits per heavy atom. The first-order chi connectivity index (χ1) is 15.1. The molecule has 2 aromatic carbocycles. The van der Waals surface area contributed by atoms with Gasteiger partial charge < -0.3 is 14.8 Å². The summed E-state index contributed by atoms with van der Waals surface area (Å²) in [5.41, 5.74) is 2.29. The number of aryl methyl sites for hydroxylation is 1. The van der Waals surface area contributed by atoms with Gasteiger partial charge in [-0.3, -0.25) is 9.59 Å². The van der Waals surface area contributed by atoms with Gasteiger partial charge in [-0.05, 0) is 42.7 Å². The average Bonchev–Trinajstić information content (AvgIpc) is 2.80. The summed E-state index contributed by atoms with van der Waals surface area (Å²) in [7, 11) is 3.11. The monoisotopic (exact) mass is 421 g/mol. The van der Waals surface area contributed by atoms with Crippen molar-refractivity contribution in [3.63, 3.8) is 0 Å². The average molecular weight is 421 g/mol. The van der Waals surface area contributed by atoms with Crippen LogP contribution in [0.4, 0.5) is 0 Å². The fourth-order valence-electron chi connectivity index (χ4n) is 3.21. The molecule has 0 fully saturated rings. The number of rotatable bonds is 10. The predicted molar refractivity (Wildman–Crippen MR) is 119 cm³/mol. The quantitative estimate of drug-likeness (QED) is 0.544. The second-order valence-corrected chi connectivity index (χ2v) is 7.04. The molecule has 1 N–H and O–H groups in total. The molecule has 1 heterocycles. The summed E-state index contributed by atoms with van der Waals surface area (Å²) < 4.78 is 11.9. The summed E-state index contributed by atoms with van der Waals surface area (Å²) in [6.45, 7) is 0.934. The maximum atomic E-state index is 12.4. The molecule has 1 aromatic heterocycles. The third kappa shape index (κ3) is 6.18. The van der Waals surface area contributed by atoms with E-state index in [-0.39, 0.29) is 11.5 Å². The number of carbonyl (C=O) groups excluding carboxylic acids is 1. The molecule has 0 aliphatic carbocycles. The molecule has 3 aromatic rings. The van der Waals surface area contributed by atoms with E-state index in [9.17, 15) is 9.59 Å². The Balaban J connectivity index is 1.58. The van der Waals surface area contributed by atoms with Crippen LogP contribution in [-0.4, -0.2) is 36.5 Å². The molecule has 0 bridgehead atoms. The molecular weight excluding hydrogens is 394 g/mol. The molecule has 0 aliphatic rings. The Morgan fingerprint density at radius 3 is 2.45 bits per heavy atom. The van der Waals surface area contributed by atoms with Crippen molar-refractivity contribution in [1.29, 1.82) is 0 Å². The second-order valence-electron chi connectivity index (χ2n) is 7.04. The molecule has 0 spiro atoms. The third-order valence-corrected chi connectivity index (χ3v) is 4.90. The Morgan fingerprint density at radius 1 is 1.03 bits per heavy atom. The first-order valence-electron chi connectivity index (χ1n) is 10.2. The van der Waals surface area contributed by atoms with Crippen LogP contribution >= 0.6 is 0 Å². The molecule has 3 rings (SSSR count). The molecule has 162 valence electrons. The van der Waals surface area contributed by atoms with E-state index in [0.717, 1.165) is 17.7 Å². The maximum Gasteiger partial charge on any atom is 0.270 e. The van der Waals surface area contributed by atoms with Crippen molar-refractivity contribution < 1.29 is 14.3 Å². The number of nitrogens with zero attached hydrogens (tertiary/aromatic N) is 2. The van der Waals surface area contributed by atoms with E-state index >= 15 is 0 Å². The fraction of sp³-hybridized carbons (Fsp3) is 0.292. The minimum absolute atomic E-state index is 0.0344. The highest BCUT2D eigenvalue weighted by Crippen LogP contribution is 2.27. The number of nitrogens with one attached hydrogen (secondary N) is 1. The molecule has 7 heteroatoms. The largest absolute Gasteiger partial charge is 0.497 e. The van der Waals surface area contributed by atoms with E-state index in [1.165, 1.54) is 23.4 Å². The summed E-state index contributed by atoms with van der Waals surface area (Å²) in [4.78, 5) is 24.5. The van der Waals surface area contributed by atoms with Gasteiger partial charge in [-0.25, -0.2) is 4.68 Å². The summed E-state index contributed by atoms with van der Waals surface area (Å²) in [6.07, 6.45) is 1.63. The van der Waals surface area contributed by atoms with Gasteiger partial charge in [-0.2, -0.15) is 5.10 Å². The fourth-order valence-corrected chi connectivity index (χ4v) is 3.21. The van der Waals surface area contributed by atoms with Crippen LogP contribution < -0.4 is 20.3 Å². The van der Waals surface area contributed by atoms with E-state index in [2.05, 4.69) is 10.4 Å². The van der Waals surface area contributed by atoms with Crippen LogP contribution in [0, 0.1) is 0 Å². The lowest BCUT2D eigenvalue weighted by atomic mass is 10.1. The van der Waals surface area contributed by atoms with Crippen molar-refractivity contribution in [3.8, 4) is 22.8 Å². The molecule has 0 radical (unpaired) electrons. The topological polar surface area (TPSA) is 82.5 Å². The van der Waals surface area contributed by atoms with E-state index in [4.69, 9.17) is 9.47 Å². The first kappa shape index (κ1) is 22.1. The smallest absolute Gasteiger partial charge is 0.270 e. The van der Waals surface area contributed by atoms with Gasteiger partial charge in [0.15, 0.2) is 5.75 Å². The Labute approximate surface area is 181 Å². The Kier molecular flexibility index (Phi) is 7.81. The van der Waals surface area contributed by atoms with Crippen LogP contribution in [0.3, 0.4) is 0 Å². The zero-order valence-electron chi connectivity index (χ0n) is 17.8. The van der Waals surface area contributed by atoms with Gasteiger partial charge >= 0.3 is 0 Å². The minimum atomic E-state index is -0.265. The number of amides is 1. The number of hydrogen-bond donors (Lipinski definition) is 1. The van der Waals surface area contributed by atoms with Gasteiger partial charge in [-0.15, -0.1) is 0 Å². The zero-order chi connectivity index (χ0) is 22.1. The summed E-state index contributed by atoms with van der Waals surface area (Å²) in [5, 5.41) is 7.39. The van der Waals surface area contributed by atoms with Crippen molar-refractivity contribution in [2.24, 2.45) is 0 Å². The van der Waals surface area contributed by atoms with Crippen molar-refractivity contribution in [2.75, 3.05) is 20.8 Å². The molecular formula is C24H27N3O4. The number of aromatic nitrogens is 2. The van der Waals surface area contributed by atoms with Crippen LogP contribution in [0.15, 0.2) is 65.5 Å². The number of carbonyl (C=O) groups is 1. The van der Waals surface area contributed by atoms with E-state index in [0.29, 0.717) is 37.4 Å². The molecule has 31 heavy (non-hydrogen) atoms. The molecule has 0 aliphatic heterocycles. The number of benzene rings is 2. The van der Waals surface area contributed by atoms with Crippen LogP contribution in [0.5, 0.6) is 11.5 Å². The van der Waals surface area contributed by atoms with Gasteiger partial charge in [0.2, 0.25) is 5.91 Å². The van der Waals surface area contributed by atoms with Crippen LogP contribution in [0.1, 0.15) is 18.4 Å². The lowest BCUT2D eigenvalue weighted by molar-refractivity contribution is -0.121. The Bertz CT molecular complexity index is 1050. The first-order valence-corrected chi connectivity index (χ1v) is 10.2. The number of ether oxygens (including phenoxy) is 2. The predicted octanol–water partition coefficient (Wildman–Crippen LogP) is 3.07. The van der Waals surface area contributed by atoms with Gasteiger partial charge in [0.1, 0.15) is 11.4 Å². The van der Waals surface area contributed by atoms with Gasteiger partial charge in [0.25, 0.3) is 5.56 Å². The zero-order valence-corrected chi connectivity index (χ0v) is 17.8. The minimum Gasteiger partial charge on any atom is -0.497 e. The van der Waals surface area contributed by atoms with Crippen LogP contribution in [-0.2, 0) is 17.8 Å². The normalized spacial score (nSPS) is 10.5. The molecule has 0 saturated carbocycles. The van der Waals surface area contributed by atoms with Crippen LogP contribution in [0.2, 0.25) is 0 Å². The van der Waals surface area contributed by atoms with Crippen molar-refractivity contribution in [1.82, 2.24) is 15.1 Å². The molecule has 0 unspecified atom stereocenters. The number of methoxy groups -OCH3 is 2. The Hall–Kier alpha value is -3.61. The summed E-state index contributed by atoms with van der Waals surface area (Å²) >= 11 is 0. The third-order valence-electron chi connectivity index (χ3n) is 4.90. The van der Waals surface area contributed by atoms with Gasteiger partial charge in [-0.1, -0.05) is 30.3 Å². The van der Waals surface area contributed by atoms with Gasteiger partial charge in [0, 0.05) is 31.1 Å². The molecule has 0 saturated heterocycles. The highest BCUT2D eigenvalue weighted by atomic mass is 16.5. The highest BCUT2D eigenvalue weighted by Gasteiger charge is 2.12. The van der Waals surface area contributed by atoms with E-state index < -0.39 is 0 Å². The number of hydrogen-bond acceptors (Lipinski definition) is 5. The van der Waals surface area contributed by atoms with E-state index in [1.807, 2.05) is 54.6 Å². The van der Waals surface area contributed by atoms with Crippen molar-refractivity contribution in [2.45, 2.75) is 25.8 Å². The second kappa shape index (κ2) is 11.0. The maximum absolute atomic E-state index is 12.4. The lowest BCUT2D eigenvalue weighted by Crippen LogP contribution is -2.27. The van der Waals surface area contributed by atoms with Crippen molar-refractivity contribution >= 4 is 5.91 Å². The van der Waals surface area contributed by atoms with Crippen LogP contribution in [0.25, 0.3) is 11.3 Å². The summed E-state index contributed by atoms with van der Waals surface area (Å²) in [5.74, 6) is 1.10. The SMILES string of the molecule is COc1ccc(-c2nn(CCCC(=O)NCCc3ccccc3)c(=O)cc2OC)cc1. The van der Waals surface area contributed by atoms with Gasteiger partial charge in [0.05, 0.1) is 14.2 Å². The molecule has 1 amide bonds. The lowest BCUT2D eigenvalue weighted by Gasteiger charge is -2.12. The summed E-state index contributed by atoms with van der Waals surface area (Å²) in [6, 6.07) is 18.8. The molecule has 7 nitrogen and oxygen atoms in total. The van der Waals surface area contributed by atoms with E-state index in [1.54, 1.807) is 7.11 Å². The highest BCUT2D eigenvalue weighted by molar-refractivity contribution is 5.75. The standard InChI is InChI=1S/C24H27N3O4/c1-30-20-12-10-19(11-13-20)24-21(31-2)17-23(29)27(26-24)16-6-9-22(28)25-15-14-18-7-4-3-5-8-18/h3-5,7-8,10-13,17H,6,9,14-16H2,1-2H3,(H,25,28).